The van der Waals surface area contributed by atoms with Crippen molar-refractivity contribution in [3.63, 3.8) is 0 Å². The highest BCUT2D eigenvalue weighted by molar-refractivity contribution is 7.20. The van der Waals surface area contributed by atoms with Crippen LogP contribution in [-0.2, 0) is 11.2 Å². The van der Waals surface area contributed by atoms with E-state index in [0.717, 1.165) is 18.4 Å². The van der Waals surface area contributed by atoms with Crippen LogP contribution in [0.4, 0.5) is 0 Å². The number of nitrogens with zero attached hydrogens (tertiary/aromatic N) is 3. The number of amides is 2. The monoisotopic (exact) mass is 465 g/mol. The van der Waals surface area contributed by atoms with Gasteiger partial charge in [-0.25, -0.2) is 4.98 Å². The van der Waals surface area contributed by atoms with Gasteiger partial charge in [0.1, 0.15) is 10.7 Å². The number of rotatable bonds is 6. The van der Waals surface area contributed by atoms with Crippen molar-refractivity contribution in [3.05, 3.63) is 62.5 Å². The lowest BCUT2D eigenvalue weighted by Crippen LogP contribution is -2.51. The van der Waals surface area contributed by atoms with E-state index in [9.17, 15) is 14.4 Å². The zero-order chi connectivity index (χ0) is 22.9. The summed E-state index contributed by atoms with van der Waals surface area (Å²) in [5, 5.41) is 3.51. The predicted octanol–water partition coefficient (Wildman–Crippen LogP) is 1.92. The highest BCUT2D eigenvalue weighted by Gasteiger charge is 2.28. The molecule has 0 bridgehead atoms. The summed E-state index contributed by atoms with van der Waals surface area (Å²) < 4.78 is 0. The third-order valence-corrected chi connectivity index (χ3v) is 7.40. The number of H-pyrrole nitrogens is 1. The third-order valence-electron chi connectivity index (χ3n) is 6.23. The summed E-state index contributed by atoms with van der Waals surface area (Å²) in [6.07, 6.45) is 2.69. The SMILES string of the molecule is Cc1c(C(=O)N2CCN(CC(=O)NC3CC3)CC2)sc2nc(Cc3ccccc3)[nH]c(=O)c12. The predicted molar refractivity (Wildman–Crippen MR) is 128 cm³/mol. The molecule has 1 aliphatic carbocycles. The van der Waals surface area contributed by atoms with Crippen molar-refractivity contribution in [2.75, 3.05) is 32.7 Å². The van der Waals surface area contributed by atoms with Gasteiger partial charge in [-0.3, -0.25) is 19.3 Å². The minimum atomic E-state index is -0.203. The van der Waals surface area contributed by atoms with Gasteiger partial charge in [-0.05, 0) is 30.9 Å². The molecule has 1 aromatic carbocycles. The van der Waals surface area contributed by atoms with E-state index in [0.29, 0.717) is 71.7 Å². The topological polar surface area (TPSA) is 98.4 Å². The third kappa shape index (κ3) is 4.84. The first-order valence-electron chi connectivity index (χ1n) is 11.3. The van der Waals surface area contributed by atoms with Crippen molar-refractivity contribution in [1.29, 1.82) is 0 Å². The zero-order valence-corrected chi connectivity index (χ0v) is 19.4. The van der Waals surface area contributed by atoms with Crippen LogP contribution in [0.5, 0.6) is 0 Å². The minimum absolute atomic E-state index is 0.0641. The molecule has 9 heteroatoms. The van der Waals surface area contributed by atoms with E-state index in [4.69, 9.17) is 0 Å². The quantitative estimate of drug-likeness (QED) is 0.580. The van der Waals surface area contributed by atoms with Crippen molar-refractivity contribution in [2.45, 2.75) is 32.2 Å². The fourth-order valence-electron chi connectivity index (χ4n) is 4.22. The molecular formula is C24H27N5O3S. The molecule has 0 unspecified atom stereocenters. The van der Waals surface area contributed by atoms with Crippen LogP contribution in [0.25, 0.3) is 10.2 Å². The summed E-state index contributed by atoms with van der Waals surface area (Å²) in [7, 11) is 0. The lowest BCUT2D eigenvalue weighted by molar-refractivity contribution is -0.122. The second-order valence-electron chi connectivity index (χ2n) is 8.82. The van der Waals surface area contributed by atoms with Gasteiger partial charge in [0, 0.05) is 38.6 Å². The fraction of sp³-hybridized carbons (Fsp3) is 0.417. The van der Waals surface area contributed by atoms with Crippen LogP contribution in [0.15, 0.2) is 35.1 Å². The number of hydrogen-bond donors (Lipinski definition) is 2. The van der Waals surface area contributed by atoms with Crippen molar-refractivity contribution in [1.82, 2.24) is 25.1 Å². The van der Waals surface area contributed by atoms with Crippen molar-refractivity contribution < 1.29 is 9.59 Å². The van der Waals surface area contributed by atoms with E-state index in [-0.39, 0.29) is 17.4 Å². The largest absolute Gasteiger partial charge is 0.352 e. The lowest BCUT2D eigenvalue weighted by atomic mass is 10.1. The highest BCUT2D eigenvalue weighted by atomic mass is 32.1. The second kappa shape index (κ2) is 9.07. The van der Waals surface area contributed by atoms with Gasteiger partial charge in [-0.2, -0.15) is 0 Å². The molecule has 1 saturated heterocycles. The molecule has 0 atom stereocenters. The molecular weight excluding hydrogens is 438 g/mol. The maximum atomic E-state index is 13.3. The van der Waals surface area contributed by atoms with Crippen molar-refractivity contribution in [3.8, 4) is 0 Å². The molecule has 8 nitrogen and oxygen atoms in total. The number of benzene rings is 1. The minimum Gasteiger partial charge on any atom is -0.352 e. The first-order chi connectivity index (χ1) is 16.0. The first kappa shape index (κ1) is 21.8. The Morgan fingerprint density at radius 2 is 1.88 bits per heavy atom. The van der Waals surface area contributed by atoms with E-state index in [1.165, 1.54) is 11.3 Å². The van der Waals surface area contributed by atoms with Gasteiger partial charge in [0.25, 0.3) is 11.5 Å². The van der Waals surface area contributed by atoms with E-state index in [2.05, 4.69) is 20.2 Å². The molecule has 5 rings (SSSR count). The smallest absolute Gasteiger partial charge is 0.264 e. The van der Waals surface area contributed by atoms with Gasteiger partial charge in [-0.15, -0.1) is 11.3 Å². The number of carbonyl (C=O) groups excluding carboxylic acids is 2. The van der Waals surface area contributed by atoms with Gasteiger partial charge in [0.15, 0.2) is 0 Å². The fourth-order valence-corrected chi connectivity index (χ4v) is 5.39. The van der Waals surface area contributed by atoms with Gasteiger partial charge in [-0.1, -0.05) is 30.3 Å². The summed E-state index contributed by atoms with van der Waals surface area (Å²) >= 11 is 1.29. The number of carbonyl (C=O) groups is 2. The number of hydrogen-bond acceptors (Lipinski definition) is 6. The van der Waals surface area contributed by atoms with E-state index >= 15 is 0 Å². The van der Waals surface area contributed by atoms with E-state index < -0.39 is 0 Å². The van der Waals surface area contributed by atoms with Gasteiger partial charge >= 0.3 is 0 Å². The van der Waals surface area contributed by atoms with Crippen LogP contribution in [0.3, 0.4) is 0 Å². The Balaban J connectivity index is 1.28. The molecule has 3 heterocycles. The summed E-state index contributed by atoms with van der Waals surface area (Å²) in [6, 6.07) is 10.2. The molecule has 2 N–H and O–H groups in total. The Kier molecular flexibility index (Phi) is 5.99. The van der Waals surface area contributed by atoms with Crippen LogP contribution in [0.1, 0.15) is 39.5 Å². The molecule has 1 aliphatic heterocycles. The highest BCUT2D eigenvalue weighted by Crippen LogP contribution is 2.28. The molecule has 2 aliphatic rings. The molecule has 2 aromatic heterocycles. The molecule has 33 heavy (non-hydrogen) atoms. The average Bonchev–Trinajstić information content (AvgIpc) is 3.55. The van der Waals surface area contributed by atoms with Gasteiger partial charge < -0.3 is 15.2 Å². The van der Waals surface area contributed by atoms with Crippen LogP contribution < -0.4 is 10.9 Å². The van der Waals surface area contributed by atoms with Gasteiger partial charge in [0.05, 0.1) is 16.8 Å². The number of aryl methyl sites for hydroxylation is 1. The Labute approximate surface area is 195 Å². The van der Waals surface area contributed by atoms with Gasteiger partial charge in [0.2, 0.25) is 5.91 Å². The standard InChI is InChI=1S/C24H27N5O3S/c1-15-20-22(31)26-18(13-16-5-3-2-4-6-16)27-23(20)33-21(15)24(32)29-11-9-28(10-12-29)14-19(30)25-17-7-8-17/h2-6,17H,7-14H2,1H3,(H,25,30)(H,26,27,31). The average molecular weight is 466 g/mol. The van der Waals surface area contributed by atoms with E-state index in [1.807, 2.05) is 42.2 Å². The Morgan fingerprint density at radius 1 is 1.15 bits per heavy atom. The van der Waals surface area contributed by atoms with Crippen molar-refractivity contribution >= 4 is 33.4 Å². The molecule has 0 spiro atoms. The normalized spacial score (nSPS) is 16.8. The van der Waals surface area contributed by atoms with Crippen LogP contribution in [0.2, 0.25) is 0 Å². The summed E-state index contributed by atoms with van der Waals surface area (Å²) in [5.74, 6) is 0.591. The lowest BCUT2D eigenvalue weighted by Gasteiger charge is -2.34. The summed E-state index contributed by atoms with van der Waals surface area (Å²) in [4.78, 5) is 50.7. The van der Waals surface area contributed by atoms with Crippen LogP contribution in [0, 0.1) is 6.92 Å². The van der Waals surface area contributed by atoms with E-state index in [1.54, 1.807) is 0 Å². The van der Waals surface area contributed by atoms with Crippen LogP contribution in [-0.4, -0.2) is 70.3 Å². The Hall–Kier alpha value is -3.04. The molecule has 2 fully saturated rings. The molecule has 2 amide bonds. The first-order valence-corrected chi connectivity index (χ1v) is 12.2. The molecule has 1 saturated carbocycles. The molecule has 172 valence electrons. The number of aromatic nitrogens is 2. The number of nitrogens with one attached hydrogen (secondary N) is 2. The maximum absolute atomic E-state index is 13.3. The Morgan fingerprint density at radius 3 is 2.58 bits per heavy atom. The summed E-state index contributed by atoms with van der Waals surface area (Å²) in [5.41, 5.74) is 1.55. The summed E-state index contributed by atoms with van der Waals surface area (Å²) in [6.45, 7) is 4.64. The van der Waals surface area contributed by atoms with Crippen molar-refractivity contribution in [2.24, 2.45) is 0 Å². The molecule has 3 aromatic rings. The van der Waals surface area contributed by atoms with Crippen LogP contribution >= 0.6 is 11.3 Å². The number of aromatic amines is 1. The second-order valence-corrected chi connectivity index (χ2v) is 9.82. The Bertz CT molecular complexity index is 1240. The number of piperazine rings is 1. The zero-order valence-electron chi connectivity index (χ0n) is 18.6. The number of thiophene rings is 1. The number of fused-ring (bicyclic) bond motifs is 1. The maximum Gasteiger partial charge on any atom is 0.264 e. The molecule has 0 radical (unpaired) electrons.